The van der Waals surface area contributed by atoms with E-state index in [1.54, 1.807) is 6.07 Å². The summed E-state index contributed by atoms with van der Waals surface area (Å²) in [5, 5.41) is 31.7. The molecule has 1 aromatic carbocycles. The van der Waals surface area contributed by atoms with Crippen LogP contribution in [0.4, 0.5) is 0 Å². The van der Waals surface area contributed by atoms with Gasteiger partial charge in [-0.25, -0.2) is 0 Å². The van der Waals surface area contributed by atoms with Crippen molar-refractivity contribution in [3.8, 4) is 11.5 Å². The van der Waals surface area contributed by atoms with Gasteiger partial charge in [0.05, 0.1) is 11.7 Å². The molecule has 0 radical (unpaired) electrons. The van der Waals surface area contributed by atoms with Crippen LogP contribution in [0.15, 0.2) is 18.2 Å². The first kappa shape index (κ1) is 12.8. The van der Waals surface area contributed by atoms with Gasteiger partial charge in [0.15, 0.2) is 0 Å². The lowest BCUT2D eigenvalue weighted by molar-refractivity contribution is 0.163. The van der Waals surface area contributed by atoms with E-state index >= 15 is 0 Å². The van der Waals surface area contributed by atoms with Crippen LogP contribution >= 0.6 is 0 Å². The first-order valence-electron chi connectivity index (χ1n) is 5.48. The Bertz CT molecular complexity index is 321. The summed E-state index contributed by atoms with van der Waals surface area (Å²) in [4.78, 5) is 0. The third-order valence-corrected chi connectivity index (χ3v) is 2.62. The number of rotatable bonds is 5. The van der Waals surface area contributed by atoms with Crippen molar-refractivity contribution in [1.29, 1.82) is 0 Å². The molecule has 2 unspecified atom stereocenters. The van der Waals surface area contributed by atoms with Crippen molar-refractivity contribution in [2.75, 3.05) is 6.54 Å². The standard InChI is InChI=1S/C12H19NO3/c1-3-9(14)7-13-8(2)12-10(15)5-4-6-11(12)16/h4-6,8-9,13-16H,3,7H2,1-2H3. The lowest BCUT2D eigenvalue weighted by Gasteiger charge is -2.18. The molecule has 0 heterocycles. The second-order valence-electron chi connectivity index (χ2n) is 3.90. The van der Waals surface area contributed by atoms with Gasteiger partial charge in [-0.3, -0.25) is 0 Å². The van der Waals surface area contributed by atoms with Crippen LogP contribution in [0.3, 0.4) is 0 Å². The molecular weight excluding hydrogens is 206 g/mol. The number of hydrogen-bond donors (Lipinski definition) is 4. The molecule has 1 rings (SSSR count). The molecule has 0 amide bonds. The summed E-state index contributed by atoms with van der Waals surface area (Å²) in [6, 6.07) is 4.44. The highest BCUT2D eigenvalue weighted by atomic mass is 16.3. The van der Waals surface area contributed by atoms with E-state index in [0.717, 1.165) is 0 Å². The number of nitrogens with one attached hydrogen (secondary N) is 1. The molecule has 4 nitrogen and oxygen atoms in total. The molecule has 90 valence electrons. The molecule has 0 fully saturated rings. The normalized spacial score (nSPS) is 14.7. The van der Waals surface area contributed by atoms with Crippen LogP contribution in [-0.2, 0) is 0 Å². The van der Waals surface area contributed by atoms with Crippen molar-refractivity contribution in [3.63, 3.8) is 0 Å². The molecular formula is C12H19NO3. The van der Waals surface area contributed by atoms with Gasteiger partial charge in [-0.05, 0) is 25.5 Å². The highest BCUT2D eigenvalue weighted by Gasteiger charge is 2.15. The van der Waals surface area contributed by atoms with Crippen molar-refractivity contribution in [2.45, 2.75) is 32.4 Å². The fourth-order valence-electron chi connectivity index (χ4n) is 1.54. The van der Waals surface area contributed by atoms with E-state index in [4.69, 9.17) is 0 Å². The topological polar surface area (TPSA) is 72.7 Å². The minimum atomic E-state index is -0.407. The van der Waals surface area contributed by atoms with E-state index < -0.39 is 6.10 Å². The second-order valence-corrected chi connectivity index (χ2v) is 3.90. The number of aliphatic hydroxyl groups is 1. The highest BCUT2D eigenvalue weighted by molar-refractivity contribution is 5.44. The lowest BCUT2D eigenvalue weighted by atomic mass is 10.1. The zero-order valence-electron chi connectivity index (χ0n) is 9.64. The Morgan fingerprint density at radius 2 is 1.81 bits per heavy atom. The van der Waals surface area contributed by atoms with E-state index in [1.807, 2.05) is 13.8 Å². The number of aromatic hydroxyl groups is 2. The summed E-state index contributed by atoms with van der Waals surface area (Å²) in [5.41, 5.74) is 0.464. The van der Waals surface area contributed by atoms with Crippen LogP contribution in [-0.4, -0.2) is 28.0 Å². The third-order valence-electron chi connectivity index (χ3n) is 2.62. The van der Waals surface area contributed by atoms with Gasteiger partial charge in [0.1, 0.15) is 11.5 Å². The van der Waals surface area contributed by atoms with E-state index in [1.165, 1.54) is 12.1 Å². The Morgan fingerprint density at radius 3 is 2.31 bits per heavy atom. The average Bonchev–Trinajstić information content (AvgIpc) is 2.25. The first-order chi connectivity index (χ1) is 7.56. The number of aliphatic hydroxyl groups excluding tert-OH is 1. The Hall–Kier alpha value is -1.26. The summed E-state index contributed by atoms with van der Waals surface area (Å²) in [6.07, 6.45) is 0.266. The summed E-state index contributed by atoms with van der Waals surface area (Å²) in [7, 11) is 0. The van der Waals surface area contributed by atoms with Gasteiger partial charge in [-0.15, -0.1) is 0 Å². The average molecular weight is 225 g/mol. The van der Waals surface area contributed by atoms with Gasteiger partial charge >= 0.3 is 0 Å². The quantitative estimate of drug-likeness (QED) is 0.613. The molecule has 0 saturated carbocycles. The van der Waals surface area contributed by atoms with Gasteiger partial charge in [-0.2, -0.15) is 0 Å². The van der Waals surface area contributed by atoms with Crippen LogP contribution < -0.4 is 5.32 Å². The Balaban J connectivity index is 2.69. The molecule has 16 heavy (non-hydrogen) atoms. The summed E-state index contributed by atoms with van der Waals surface area (Å²) in [6.45, 7) is 4.16. The van der Waals surface area contributed by atoms with Gasteiger partial charge < -0.3 is 20.6 Å². The van der Waals surface area contributed by atoms with Gasteiger partial charge in [0.25, 0.3) is 0 Å². The van der Waals surface area contributed by atoms with Crippen LogP contribution in [0, 0.1) is 0 Å². The number of benzene rings is 1. The Kier molecular flexibility index (Phi) is 4.58. The third kappa shape index (κ3) is 3.12. The molecule has 0 saturated heterocycles. The predicted octanol–water partition coefficient (Wildman–Crippen LogP) is 1.52. The van der Waals surface area contributed by atoms with Crippen LogP contribution in [0.2, 0.25) is 0 Å². The molecule has 0 spiro atoms. The number of phenols is 2. The van der Waals surface area contributed by atoms with Crippen LogP contribution in [0.5, 0.6) is 11.5 Å². The molecule has 0 aliphatic carbocycles. The smallest absolute Gasteiger partial charge is 0.124 e. The summed E-state index contributed by atoms with van der Waals surface area (Å²) < 4.78 is 0. The zero-order chi connectivity index (χ0) is 12.1. The molecule has 2 atom stereocenters. The monoisotopic (exact) mass is 225 g/mol. The first-order valence-corrected chi connectivity index (χ1v) is 5.48. The maximum Gasteiger partial charge on any atom is 0.124 e. The zero-order valence-corrected chi connectivity index (χ0v) is 9.64. The fourth-order valence-corrected chi connectivity index (χ4v) is 1.54. The molecule has 4 N–H and O–H groups in total. The molecule has 0 aliphatic rings. The van der Waals surface area contributed by atoms with E-state index in [9.17, 15) is 15.3 Å². The fraction of sp³-hybridized carbons (Fsp3) is 0.500. The SMILES string of the molecule is CCC(O)CNC(C)c1c(O)cccc1O. The van der Waals surface area contributed by atoms with Gasteiger partial charge in [-0.1, -0.05) is 13.0 Å². The van der Waals surface area contributed by atoms with E-state index in [-0.39, 0.29) is 17.5 Å². The molecule has 0 aromatic heterocycles. The van der Waals surface area contributed by atoms with Crippen LogP contribution in [0.25, 0.3) is 0 Å². The van der Waals surface area contributed by atoms with Crippen molar-refractivity contribution in [2.24, 2.45) is 0 Å². The summed E-state index contributed by atoms with van der Waals surface area (Å²) >= 11 is 0. The van der Waals surface area contributed by atoms with E-state index in [2.05, 4.69) is 5.32 Å². The Labute approximate surface area is 95.6 Å². The van der Waals surface area contributed by atoms with E-state index in [0.29, 0.717) is 18.5 Å². The maximum absolute atomic E-state index is 9.62. The second kappa shape index (κ2) is 5.72. The molecule has 4 heteroatoms. The van der Waals surface area contributed by atoms with Crippen molar-refractivity contribution < 1.29 is 15.3 Å². The highest BCUT2D eigenvalue weighted by Crippen LogP contribution is 2.31. The largest absolute Gasteiger partial charge is 0.507 e. The maximum atomic E-state index is 9.62. The minimum absolute atomic E-state index is 0.0611. The predicted molar refractivity (Wildman–Crippen MR) is 62.5 cm³/mol. The van der Waals surface area contributed by atoms with Gasteiger partial charge in [0.2, 0.25) is 0 Å². The molecule has 0 bridgehead atoms. The van der Waals surface area contributed by atoms with Crippen molar-refractivity contribution in [1.82, 2.24) is 5.32 Å². The van der Waals surface area contributed by atoms with Crippen molar-refractivity contribution in [3.05, 3.63) is 23.8 Å². The Morgan fingerprint density at radius 1 is 1.25 bits per heavy atom. The minimum Gasteiger partial charge on any atom is -0.507 e. The number of hydrogen-bond acceptors (Lipinski definition) is 4. The molecule has 1 aromatic rings. The molecule has 0 aliphatic heterocycles. The van der Waals surface area contributed by atoms with Crippen molar-refractivity contribution >= 4 is 0 Å². The number of phenolic OH excluding ortho intramolecular Hbond substituents is 2. The lowest BCUT2D eigenvalue weighted by Crippen LogP contribution is -2.28. The summed E-state index contributed by atoms with van der Waals surface area (Å²) in [5.74, 6) is 0.122. The van der Waals surface area contributed by atoms with Crippen LogP contribution in [0.1, 0.15) is 31.9 Å². The van der Waals surface area contributed by atoms with Gasteiger partial charge in [0, 0.05) is 12.6 Å².